The Morgan fingerprint density at radius 2 is 1.96 bits per heavy atom. The topological polar surface area (TPSA) is 63.7 Å². The first-order valence-electron chi connectivity index (χ1n) is 8.06. The van der Waals surface area contributed by atoms with E-state index in [9.17, 15) is 13.2 Å². The van der Waals surface area contributed by atoms with Gasteiger partial charge in [-0.25, -0.2) is 8.42 Å². The van der Waals surface area contributed by atoms with Crippen molar-refractivity contribution >= 4 is 15.7 Å². The van der Waals surface area contributed by atoms with Crippen molar-refractivity contribution in [3.63, 3.8) is 0 Å². The van der Waals surface area contributed by atoms with Crippen LogP contribution in [-0.2, 0) is 9.84 Å². The smallest absolute Gasteiger partial charge is 0.254 e. The lowest BCUT2D eigenvalue weighted by Crippen LogP contribution is -2.43. The normalized spacial score (nSPS) is 19.7. The van der Waals surface area contributed by atoms with Gasteiger partial charge in [0.05, 0.1) is 18.1 Å². The Kier molecular flexibility index (Phi) is 5.68. The summed E-state index contributed by atoms with van der Waals surface area (Å²) in [6.07, 6.45) is 0.526. The second kappa shape index (κ2) is 7.34. The highest BCUT2D eigenvalue weighted by molar-refractivity contribution is 7.91. The average Bonchev–Trinajstić information content (AvgIpc) is 2.85. The molecule has 0 bridgehead atoms. The van der Waals surface area contributed by atoms with Crippen molar-refractivity contribution in [3.05, 3.63) is 29.8 Å². The zero-order chi connectivity index (χ0) is 17.0. The molecule has 2 rings (SSSR count). The molecule has 1 aliphatic rings. The van der Waals surface area contributed by atoms with Crippen LogP contribution in [0, 0.1) is 5.92 Å². The average molecular weight is 339 g/mol. The SMILES string of the molecule is CCOc1ccc(C(=O)N(CC(C)C)[C@H]2CCS(=O)(=O)C2)cc1. The maximum absolute atomic E-state index is 12.8. The molecule has 0 spiro atoms. The first kappa shape index (κ1) is 17.8. The standard InChI is InChI=1S/C17H25NO4S/c1-4-22-16-7-5-14(6-8-16)17(19)18(11-13(2)3)15-9-10-23(20,21)12-15/h5-8,13,15H,4,9-12H2,1-3H3/t15-/m0/s1. The van der Waals surface area contributed by atoms with E-state index >= 15 is 0 Å². The molecule has 1 heterocycles. The summed E-state index contributed by atoms with van der Waals surface area (Å²) in [6, 6.07) is 6.81. The minimum Gasteiger partial charge on any atom is -0.494 e. The zero-order valence-corrected chi connectivity index (χ0v) is 14.8. The number of hydrogen-bond acceptors (Lipinski definition) is 4. The number of ether oxygens (including phenoxy) is 1. The van der Waals surface area contributed by atoms with Crippen LogP contribution in [0.5, 0.6) is 5.75 Å². The molecule has 0 unspecified atom stereocenters. The summed E-state index contributed by atoms with van der Waals surface area (Å²) in [5.74, 6) is 1.14. The Bertz CT molecular complexity index is 637. The van der Waals surface area contributed by atoms with Crippen LogP contribution in [-0.4, -0.2) is 49.9 Å². The molecule has 1 amide bonds. The van der Waals surface area contributed by atoms with Crippen LogP contribution < -0.4 is 4.74 Å². The Morgan fingerprint density at radius 3 is 2.43 bits per heavy atom. The first-order valence-corrected chi connectivity index (χ1v) is 9.88. The second-order valence-electron chi connectivity index (χ2n) is 6.37. The molecule has 1 atom stereocenters. The van der Waals surface area contributed by atoms with E-state index in [1.807, 2.05) is 20.8 Å². The molecule has 0 aromatic heterocycles. The maximum atomic E-state index is 12.8. The number of sulfone groups is 1. The molecule has 128 valence electrons. The molecular weight excluding hydrogens is 314 g/mol. The van der Waals surface area contributed by atoms with Crippen molar-refractivity contribution in [2.45, 2.75) is 33.2 Å². The van der Waals surface area contributed by atoms with Gasteiger partial charge in [-0.15, -0.1) is 0 Å². The summed E-state index contributed by atoms with van der Waals surface area (Å²) in [7, 11) is -3.02. The molecule has 1 fully saturated rings. The Morgan fingerprint density at radius 1 is 1.30 bits per heavy atom. The Hall–Kier alpha value is -1.56. The minimum absolute atomic E-state index is 0.0719. The third-order valence-corrected chi connectivity index (χ3v) is 5.63. The van der Waals surface area contributed by atoms with E-state index in [0.717, 1.165) is 5.75 Å². The van der Waals surface area contributed by atoms with E-state index in [1.165, 1.54) is 0 Å². The van der Waals surface area contributed by atoms with Gasteiger partial charge in [0, 0.05) is 18.2 Å². The lowest BCUT2D eigenvalue weighted by atomic mass is 10.1. The maximum Gasteiger partial charge on any atom is 0.254 e. The van der Waals surface area contributed by atoms with E-state index < -0.39 is 9.84 Å². The van der Waals surface area contributed by atoms with Gasteiger partial charge in [0.25, 0.3) is 5.91 Å². The van der Waals surface area contributed by atoms with Gasteiger partial charge in [0.2, 0.25) is 0 Å². The number of benzene rings is 1. The third-order valence-electron chi connectivity index (χ3n) is 3.88. The molecule has 1 aromatic carbocycles. The molecule has 0 radical (unpaired) electrons. The molecule has 5 nitrogen and oxygen atoms in total. The van der Waals surface area contributed by atoms with Gasteiger partial charge in [-0.2, -0.15) is 0 Å². The molecule has 0 saturated carbocycles. The molecular formula is C17H25NO4S. The summed E-state index contributed by atoms with van der Waals surface area (Å²) in [4.78, 5) is 14.6. The monoisotopic (exact) mass is 339 g/mol. The van der Waals surface area contributed by atoms with Gasteiger partial charge < -0.3 is 9.64 Å². The number of carbonyl (C=O) groups excluding carboxylic acids is 1. The van der Waals surface area contributed by atoms with Crippen molar-refractivity contribution < 1.29 is 17.9 Å². The molecule has 23 heavy (non-hydrogen) atoms. The molecule has 0 aliphatic carbocycles. The van der Waals surface area contributed by atoms with E-state index in [-0.39, 0.29) is 29.4 Å². The number of rotatable bonds is 6. The Balaban J connectivity index is 2.19. The predicted molar refractivity (Wildman–Crippen MR) is 90.5 cm³/mol. The fourth-order valence-corrected chi connectivity index (χ4v) is 4.57. The van der Waals surface area contributed by atoms with E-state index in [0.29, 0.717) is 25.1 Å². The van der Waals surface area contributed by atoms with Crippen LogP contribution >= 0.6 is 0 Å². The van der Waals surface area contributed by atoms with Crippen LogP contribution in [0.25, 0.3) is 0 Å². The van der Waals surface area contributed by atoms with Crippen molar-refractivity contribution in [3.8, 4) is 5.75 Å². The fraction of sp³-hybridized carbons (Fsp3) is 0.588. The predicted octanol–water partition coefficient (Wildman–Crippen LogP) is 2.37. The number of carbonyl (C=O) groups is 1. The molecule has 6 heteroatoms. The number of amides is 1. The number of nitrogens with zero attached hydrogens (tertiary/aromatic N) is 1. The summed E-state index contributed by atoms with van der Waals surface area (Å²) in [6.45, 7) is 7.10. The van der Waals surface area contributed by atoms with E-state index in [1.54, 1.807) is 29.2 Å². The van der Waals surface area contributed by atoms with Crippen LogP contribution in [0.1, 0.15) is 37.6 Å². The summed E-state index contributed by atoms with van der Waals surface area (Å²) >= 11 is 0. The Labute approximate surface area is 138 Å². The highest BCUT2D eigenvalue weighted by atomic mass is 32.2. The summed E-state index contributed by atoms with van der Waals surface area (Å²) in [5.41, 5.74) is 0.568. The van der Waals surface area contributed by atoms with Crippen LogP contribution in [0.2, 0.25) is 0 Å². The fourth-order valence-electron chi connectivity index (χ4n) is 2.84. The summed E-state index contributed by atoms with van der Waals surface area (Å²) < 4.78 is 28.9. The molecule has 1 saturated heterocycles. The largest absolute Gasteiger partial charge is 0.494 e. The lowest BCUT2D eigenvalue weighted by Gasteiger charge is -2.30. The lowest BCUT2D eigenvalue weighted by molar-refractivity contribution is 0.0672. The molecule has 1 aliphatic heterocycles. The van der Waals surface area contributed by atoms with Crippen molar-refractivity contribution in [1.82, 2.24) is 4.90 Å². The van der Waals surface area contributed by atoms with Crippen LogP contribution in [0.4, 0.5) is 0 Å². The highest BCUT2D eigenvalue weighted by Gasteiger charge is 2.35. The van der Waals surface area contributed by atoms with Crippen LogP contribution in [0.15, 0.2) is 24.3 Å². The van der Waals surface area contributed by atoms with Gasteiger partial charge in [0.1, 0.15) is 5.75 Å². The van der Waals surface area contributed by atoms with E-state index in [2.05, 4.69) is 0 Å². The van der Waals surface area contributed by atoms with Crippen LogP contribution in [0.3, 0.4) is 0 Å². The molecule has 0 N–H and O–H groups in total. The van der Waals surface area contributed by atoms with Gasteiger partial charge >= 0.3 is 0 Å². The quantitative estimate of drug-likeness (QED) is 0.798. The minimum atomic E-state index is -3.02. The van der Waals surface area contributed by atoms with Crippen molar-refractivity contribution in [1.29, 1.82) is 0 Å². The van der Waals surface area contributed by atoms with E-state index in [4.69, 9.17) is 4.74 Å². The summed E-state index contributed by atoms with van der Waals surface area (Å²) in [5, 5.41) is 0. The van der Waals surface area contributed by atoms with Crippen molar-refractivity contribution in [2.24, 2.45) is 5.92 Å². The first-order chi connectivity index (χ1) is 10.8. The van der Waals surface area contributed by atoms with Crippen molar-refractivity contribution in [2.75, 3.05) is 24.7 Å². The van der Waals surface area contributed by atoms with Gasteiger partial charge in [-0.1, -0.05) is 13.8 Å². The van der Waals surface area contributed by atoms with Gasteiger partial charge in [-0.3, -0.25) is 4.79 Å². The van der Waals surface area contributed by atoms with Gasteiger partial charge in [0.15, 0.2) is 9.84 Å². The van der Waals surface area contributed by atoms with Gasteiger partial charge in [-0.05, 0) is 43.5 Å². The molecule has 1 aromatic rings. The number of hydrogen-bond donors (Lipinski definition) is 0. The highest BCUT2D eigenvalue weighted by Crippen LogP contribution is 2.22. The zero-order valence-electron chi connectivity index (χ0n) is 14.0. The third kappa shape index (κ3) is 4.70. The second-order valence-corrected chi connectivity index (χ2v) is 8.59.